The van der Waals surface area contributed by atoms with Crippen molar-refractivity contribution in [1.82, 2.24) is 0 Å². The summed E-state index contributed by atoms with van der Waals surface area (Å²) >= 11 is 0.567. The van der Waals surface area contributed by atoms with Crippen molar-refractivity contribution in [2.24, 2.45) is 0 Å². The van der Waals surface area contributed by atoms with E-state index in [9.17, 15) is 5.11 Å². The number of aliphatic hydroxyl groups is 1. The molecule has 0 radical (unpaired) electrons. The molecule has 1 aromatic rings. The first-order chi connectivity index (χ1) is 5.24. The normalized spacial score (nSPS) is 13.0. The fourth-order valence-electron chi connectivity index (χ4n) is 0.882. The van der Waals surface area contributed by atoms with Crippen molar-refractivity contribution in [2.75, 3.05) is 0 Å². The van der Waals surface area contributed by atoms with Crippen molar-refractivity contribution >= 4 is 19.4 Å². The van der Waals surface area contributed by atoms with Crippen molar-refractivity contribution < 1.29 is 5.11 Å². The molecule has 1 nitrogen and oxygen atoms in total. The summed E-state index contributed by atoms with van der Waals surface area (Å²) in [5.74, 6) is 2.18. The Bertz CT molecular complexity index is 216. The van der Waals surface area contributed by atoms with Crippen LogP contribution in [0.3, 0.4) is 0 Å². The fourth-order valence-corrected chi connectivity index (χ4v) is 1.74. The molecule has 0 bridgehead atoms. The summed E-state index contributed by atoms with van der Waals surface area (Å²) in [6, 6.07) is 8.15. The first kappa shape index (κ1) is 8.79. The van der Waals surface area contributed by atoms with Crippen LogP contribution in [0.1, 0.15) is 18.6 Å². The van der Waals surface area contributed by atoms with Gasteiger partial charge in [0.1, 0.15) is 0 Å². The molecule has 0 saturated heterocycles. The zero-order valence-corrected chi connectivity index (χ0v) is 8.46. The second-order valence-corrected chi connectivity index (χ2v) is 4.29. The summed E-state index contributed by atoms with van der Waals surface area (Å²) in [6.07, 6.45) is -0.339. The first-order valence-electron chi connectivity index (χ1n) is 3.56. The van der Waals surface area contributed by atoms with E-state index in [1.54, 1.807) is 6.92 Å². The molecule has 11 heavy (non-hydrogen) atoms. The average Bonchev–Trinajstić information content (AvgIpc) is 2.05. The molecule has 0 saturated carbocycles. The minimum absolute atomic E-state index is 0.339. The van der Waals surface area contributed by atoms with E-state index in [1.165, 1.54) is 4.46 Å². The van der Waals surface area contributed by atoms with Gasteiger partial charge < -0.3 is 0 Å². The Labute approximate surface area is 73.6 Å². The zero-order chi connectivity index (χ0) is 8.27. The predicted octanol–water partition coefficient (Wildman–Crippen LogP) is 1.12. The van der Waals surface area contributed by atoms with Gasteiger partial charge in [0.25, 0.3) is 0 Å². The van der Waals surface area contributed by atoms with Gasteiger partial charge in [0.05, 0.1) is 0 Å². The van der Waals surface area contributed by atoms with E-state index in [0.29, 0.717) is 15.0 Å². The summed E-state index contributed by atoms with van der Waals surface area (Å²) in [6.45, 7) is 1.78. The summed E-state index contributed by atoms with van der Waals surface area (Å²) in [7, 11) is 0. The molecule has 60 valence electrons. The van der Waals surface area contributed by atoms with Crippen molar-refractivity contribution in [3.8, 4) is 0 Å². The number of aliphatic hydroxyl groups excluding tert-OH is 1. The molecule has 0 heterocycles. The fraction of sp³-hybridized carbons (Fsp3) is 0.333. The van der Waals surface area contributed by atoms with E-state index < -0.39 is 0 Å². The van der Waals surface area contributed by atoms with E-state index in [2.05, 4.69) is 18.0 Å². The topological polar surface area (TPSA) is 20.2 Å². The third kappa shape index (κ3) is 2.33. The van der Waals surface area contributed by atoms with Crippen LogP contribution in [-0.2, 0) is 0 Å². The van der Waals surface area contributed by atoms with Gasteiger partial charge in [0.15, 0.2) is 0 Å². The van der Waals surface area contributed by atoms with Gasteiger partial charge in [-0.1, -0.05) is 0 Å². The van der Waals surface area contributed by atoms with Gasteiger partial charge in [-0.05, 0) is 0 Å². The maximum absolute atomic E-state index is 9.19. The van der Waals surface area contributed by atoms with Crippen molar-refractivity contribution in [3.63, 3.8) is 0 Å². The van der Waals surface area contributed by atoms with Gasteiger partial charge in [-0.15, -0.1) is 0 Å². The molecule has 0 aliphatic heterocycles. The average molecular weight is 215 g/mol. The Morgan fingerprint density at radius 3 is 2.18 bits per heavy atom. The quantitative estimate of drug-likeness (QED) is 0.733. The predicted molar refractivity (Wildman–Crippen MR) is 48.3 cm³/mol. The van der Waals surface area contributed by atoms with Crippen molar-refractivity contribution in [3.05, 3.63) is 29.8 Å². The maximum atomic E-state index is 9.19. The third-order valence-electron chi connectivity index (χ3n) is 1.60. The van der Waals surface area contributed by atoms with Crippen LogP contribution in [0.5, 0.6) is 0 Å². The van der Waals surface area contributed by atoms with Gasteiger partial charge in [-0.25, -0.2) is 0 Å². The number of hydrogen-bond donors (Lipinski definition) is 1. The molecule has 1 N–H and O–H groups in total. The molecule has 0 fully saturated rings. The molecular weight excluding hydrogens is 203 g/mol. The molecule has 0 unspecified atom stereocenters. The zero-order valence-electron chi connectivity index (χ0n) is 6.74. The number of benzene rings is 1. The van der Waals surface area contributed by atoms with E-state index in [-0.39, 0.29) is 6.10 Å². The second kappa shape index (κ2) is 3.91. The second-order valence-electron chi connectivity index (χ2n) is 2.45. The molecule has 1 atom stereocenters. The van der Waals surface area contributed by atoms with E-state index >= 15 is 0 Å². The van der Waals surface area contributed by atoms with Gasteiger partial charge in [0.2, 0.25) is 0 Å². The molecule has 0 aliphatic rings. The third-order valence-corrected chi connectivity index (χ3v) is 3.16. The summed E-state index contributed by atoms with van der Waals surface area (Å²) in [5, 5.41) is 9.19. The van der Waals surface area contributed by atoms with Crippen LogP contribution in [0.25, 0.3) is 0 Å². The molecular formula is C9H12OSe. The Morgan fingerprint density at radius 1 is 1.27 bits per heavy atom. The SMILES string of the molecule is C[Se]c1ccc([C@@H](C)O)cc1. The van der Waals surface area contributed by atoms with Crippen LogP contribution < -0.4 is 4.46 Å². The van der Waals surface area contributed by atoms with Crippen LogP contribution in [0.4, 0.5) is 0 Å². The van der Waals surface area contributed by atoms with Gasteiger partial charge in [0, 0.05) is 0 Å². The first-order valence-corrected chi connectivity index (χ1v) is 6.13. The molecule has 2 heteroatoms. The Hall–Kier alpha value is -0.301. The minimum atomic E-state index is -0.339. The van der Waals surface area contributed by atoms with Gasteiger partial charge >= 0.3 is 73.2 Å². The monoisotopic (exact) mass is 216 g/mol. The van der Waals surface area contributed by atoms with Crippen LogP contribution in [0.2, 0.25) is 5.82 Å². The summed E-state index contributed by atoms with van der Waals surface area (Å²) in [4.78, 5) is 0. The van der Waals surface area contributed by atoms with E-state index in [0.717, 1.165) is 5.56 Å². The summed E-state index contributed by atoms with van der Waals surface area (Å²) in [5.41, 5.74) is 0.998. The van der Waals surface area contributed by atoms with Gasteiger partial charge in [-0.3, -0.25) is 0 Å². The van der Waals surface area contributed by atoms with Crippen molar-refractivity contribution in [2.45, 2.75) is 18.8 Å². The Balaban J connectivity index is 2.83. The molecule has 0 aromatic heterocycles. The number of rotatable bonds is 2. The van der Waals surface area contributed by atoms with Crippen LogP contribution >= 0.6 is 0 Å². The van der Waals surface area contributed by atoms with Gasteiger partial charge in [-0.2, -0.15) is 0 Å². The van der Waals surface area contributed by atoms with E-state index in [1.807, 2.05) is 12.1 Å². The molecule has 1 aromatic carbocycles. The van der Waals surface area contributed by atoms with Crippen molar-refractivity contribution in [1.29, 1.82) is 0 Å². The standard InChI is InChI=1S/C9H12OSe/c1-7(10)8-3-5-9(11-2)6-4-8/h3-7,10H,1-2H3/t7-/m1/s1. The molecule has 0 aliphatic carbocycles. The Kier molecular flexibility index (Phi) is 3.13. The van der Waals surface area contributed by atoms with Crippen LogP contribution in [-0.4, -0.2) is 20.1 Å². The Morgan fingerprint density at radius 2 is 1.82 bits per heavy atom. The number of hydrogen-bond acceptors (Lipinski definition) is 1. The molecule has 1 rings (SSSR count). The van der Waals surface area contributed by atoms with Crippen LogP contribution in [0, 0.1) is 0 Å². The van der Waals surface area contributed by atoms with Crippen LogP contribution in [0.15, 0.2) is 24.3 Å². The molecule has 0 amide bonds. The molecule has 0 spiro atoms. The summed E-state index contributed by atoms with van der Waals surface area (Å²) < 4.78 is 1.38. The van der Waals surface area contributed by atoms with E-state index in [4.69, 9.17) is 0 Å².